The Morgan fingerprint density at radius 2 is 1.66 bits per heavy atom. The van der Waals surface area contributed by atoms with E-state index >= 15 is 0 Å². The standard InChI is InChI=1S/C31H30F3NO3/c1-30(2,3)22-12-10-21(11-13-22)27-25-6-4-5-7-26(25)35(28(27)29(36)37)17-20-14-23(31(32,33)34)16-24(15-20)38-18-19-8-9-19/h4-7,10-16,19H,8-9,17-18H2,1-3H3,(H,36,37). The van der Waals surface area contributed by atoms with E-state index in [0.717, 1.165) is 41.5 Å². The number of hydrogen-bond acceptors (Lipinski definition) is 2. The molecule has 0 atom stereocenters. The first-order chi connectivity index (χ1) is 17.9. The summed E-state index contributed by atoms with van der Waals surface area (Å²) >= 11 is 0. The molecule has 1 N–H and O–H groups in total. The highest BCUT2D eigenvalue weighted by molar-refractivity contribution is 6.08. The van der Waals surface area contributed by atoms with E-state index in [4.69, 9.17) is 4.74 Å². The van der Waals surface area contributed by atoms with Crippen molar-refractivity contribution in [3.05, 3.63) is 89.1 Å². The molecule has 1 heterocycles. The first kappa shape index (κ1) is 25.9. The highest BCUT2D eigenvalue weighted by Gasteiger charge is 2.32. The van der Waals surface area contributed by atoms with Gasteiger partial charge in [-0.05, 0) is 65.1 Å². The maximum absolute atomic E-state index is 13.7. The molecule has 5 rings (SSSR count). The lowest BCUT2D eigenvalue weighted by Crippen LogP contribution is -2.13. The molecule has 7 heteroatoms. The van der Waals surface area contributed by atoms with Crippen molar-refractivity contribution in [2.75, 3.05) is 6.61 Å². The number of para-hydroxylation sites is 1. The van der Waals surface area contributed by atoms with Crippen LogP contribution in [-0.2, 0) is 18.1 Å². The Morgan fingerprint density at radius 3 is 2.26 bits per heavy atom. The molecule has 1 saturated carbocycles. The number of carboxylic acid groups (broad SMARTS) is 1. The molecule has 0 aliphatic heterocycles. The summed E-state index contributed by atoms with van der Waals surface area (Å²) in [7, 11) is 0. The van der Waals surface area contributed by atoms with Gasteiger partial charge in [0.05, 0.1) is 12.2 Å². The fourth-order valence-electron chi connectivity index (χ4n) is 4.80. The molecule has 198 valence electrons. The molecule has 3 aromatic carbocycles. The number of halogens is 3. The van der Waals surface area contributed by atoms with Crippen molar-refractivity contribution in [3.63, 3.8) is 0 Å². The van der Waals surface area contributed by atoms with E-state index < -0.39 is 17.7 Å². The number of ether oxygens (including phenoxy) is 1. The lowest BCUT2D eigenvalue weighted by molar-refractivity contribution is -0.137. The molecule has 0 radical (unpaired) electrons. The maximum atomic E-state index is 13.7. The van der Waals surface area contributed by atoms with Crippen molar-refractivity contribution in [2.24, 2.45) is 5.92 Å². The van der Waals surface area contributed by atoms with Gasteiger partial charge in [0.15, 0.2) is 0 Å². The maximum Gasteiger partial charge on any atom is 0.416 e. The minimum Gasteiger partial charge on any atom is -0.493 e. The number of carboxylic acids is 1. The molecular weight excluding hydrogens is 491 g/mol. The summed E-state index contributed by atoms with van der Waals surface area (Å²) < 4.78 is 48.5. The first-order valence-corrected chi connectivity index (χ1v) is 12.7. The summed E-state index contributed by atoms with van der Waals surface area (Å²) in [4.78, 5) is 12.7. The average molecular weight is 522 g/mol. The Bertz CT molecular complexity index is 1490. The number of aromatic carboxylic acids is 1. The van der Waals surface area contributed by atoms with Crippen molar-refractivity contribution in [1.82, 2.24) is 4.57 Å². The van der Waals surface area contributed by atoms with Crippen molar-refractivity contribution in [2.45, 2.75) is 51.7 Å². The quantitative estimate of drug-likeness (QED) is 0.267. The monoisotopic (exact) mass is 521 g/mol. The topological polar surface area (TPSA) is 51.5 Å². The minimum absolute atomic E-state index is 0.0348. The lowest BCUT2D eigenvalue weighted by atomic mass is 9.86. The minimum atomic E-state index is -4.55. The largest absolute Gasteiger partial charge is 0.493 e. The summed E-state index contributed by atoms with van der Waals surface area (Å²) in [5.74, 6) is -0.617. The van der Waals surface area contributed by atoms with E-state index in [9.17, 15) is 23.1 Å². The highest BCUT2D eigenvalue weighted by Crippen LogP contribution is 2.38. The van der Waals surface area contributed by atoms with E-state index in [1.807, 2.05) is 36.4 Å². The molecule has 4 aromatic rings. The molecule has 0 saturated heterocycles. The van der Waals surface area contributed by atoms with Crippen LogP contribution in [0, 0.1) is 5.92 Å². The molecule has 1 fully saturated rings. The van der Waals surface area contributed by atoms with Crippen LogP contribution in [0.4, 0.5) is 13.2 Å². The van der Waals surface area contributed by atoms with Crippen molar-refractivity contribution < 1.29 is 27.8 Å². The zero-order chi connectivity index (χ0) is 27.2. The molecule has 0 unspecified atom stereocenters. The predicted molar refractivity (Wildman–Crippen MR) is 142 cm³/mol. The van der Waals surface area contributed by atoms with Crippen LogP contribution < -0.4 is 4.74 Å². The summed E-state index contributed by atoms with van der Waals surface area (Å²) in [5.41, 5.74) is 2.52. The summed E-state index contributed by atoms with van der Waals surface area (Å²) in [6, 6.07) is 18.7. The van der Waals surface area contributed by atoms with Crippen molar-refractivity contribution in [3.8, 4) is 16.9 Å². The van der Waals surface area contributed by atoms with E-state index in [1.54, 1.807) is 22.8 Å². The number of alkyl halides is 3. The van der Waals surface area contributed by atoms with Crippen LogP contribution in [0.5, 0.6) is 5.75 Å². The van der Waals surface area contributed by atoms with Gasteiger partial charge in [-0.3, -0.25) is 0 Å². The molecule has 4 nitrogen and oxygen atoms in total. The first-order valence-electron chi connectivity index (χ1n) is 12.7. The van der Waals surface area contributed by atoms with Crippen molar-refractivity contribution in [1.29, 1.82) is 0 Å². The van der Waals surface area contributed by atoms with Gasteiger partial charge in [0.1, 0.15) is 11.4 Å². The fourth-order valence-corrected chi connectivity index (χ4v) is 4.80. The van der Waals surface area contributed by atoms with Gasteiger partial charge in [-0.15, -0.1) is 0 Å². The second kappa shape index (κ2) is 9.53. The van der Waals surface area contributed by atoms with E-state index in [1.165, 1.54) is 0 Å². The molecule has 1 aliphatic rings. The van der Waals surface area contributed by atoms with Gasteiger partial charge in [-0.2, -0.15) is 13.2 Å². The average Bonchev–Trinajstić information content (AvgIpc) is 3.63. The van der Waals surface area contributed by atoms with Crippen LogP contribution in [0.1, 0.15) is 60.8 Å². The van der Waals surface area contributed by atoms with Gasteiger partial charge >= 0.3 is 12.1 Å². The number of fused-ring (bicyclic) bond motifs is 1. The van der Waals surface area contributed by atoms with Crippen molar-refractivity contribution >= 4 is 16.9 Å². The van der Waals surface area contributed by atoms with E-state index in [2.05, 4.69) is 20.8 Å². The smallest absolute Gasteiger partial charge is 0.416 e. The van der Waals surface area contributed by atoms with Gasteiger partial charge < -0.3 is 14.4 Å². The van der Waals surface area contributed by atoms with Crippen LogP contribution in [0.2, 0.25) is 0 Å². The number of benzene rings is 3. The van der Waals surface area contributed by atoms with Crippen LogP contribution in [-0.4, -0.2) is 22.2 Å². The van der Waals surface area contributed by atoms with Crippen LogP contribution in [0.15, 0.2) is 66.7 Å². The van der Waals surface area contributed by atoms with E-state index in [-0.39, 0.29) is 23.4 Å². The second-order valence-corrected chi connectivity index (χ2v) is 11.1. The Balaban J connectivity index is 1.63. The van der Waals surface area contributed by atoms with Crippen LogP contribution in [0.25, 0.3) is 22.0 Å². The van der Waals surface area contributed by atoms with Gasteiger partial charge in [-0.25, -0.2) is 4.79 Å². The fraction of sp³-hybridized carbons (Fsp3) is 0.323. The summed E-state index contributed by atoms with van der Waals surface area (Å²) in [6.45, 7) is 6.64. The molecule has 38 heavy (non-hydrogen) atoms. The molecule has 1 aliphatic carbocycles. The Kier molecular flexibility index (Phi) is 6.49. The van der Waals surface area contributed by atoms with Crippen LogP contribution in [0.3, 0.4) is 0 Å². The number of hydrogen-bond donors (Lipinski definition) is 1. The summed E-state index contributed by atoms with van der Waals surface area (Å²) in [6.07, 6.45) is -2.52. The number of aromatic nitrogens is 1. The van der Waals surface area contributed by atoms with Gasteiger partial charge in [-0.1, -0.05) is 63.2 Å². The second-order valence-electron chi connectivity index (χ2n) is 11.1. The Labute approximate surface area is 219 Å². The third-order valence-electron chi connectivity index (χ3n) is 7.03. The van der Waals surface area contributed by atoms with Gasteiger partial charge in [0.2, 0.25) is 0 Å². The Morgan fingerprint density at radius 1 is 0.974 bits per heavy atom. The molecular formula is C31H30F3NO3. The third kappa shape index (κ3) is 5.28. The lowest BCUT2D eigenvalue weighted by Gasteiger charge is -2.19. The molecule has 0 amide bonds. The zero-order valence-electron chi connectivity index (χ0n) is 21.6. The molecule has 1 aromatic heterocycles. The number of carbonyl (C=O) groups is 1. The number of nitrogens with zero attached hydrogens (tertiary/aromatic N) is 1. The zero-order valence-corrected chi connectivity index (χ0v) is 21.6. The Hall–Kier alpha value is -3.74. The normalized spacial score (nSPS) is 14.2. The van der Waals surface area contributed by atoms with E-state index in [0.29, 0.717) is 29.2 Å². The van der Waals surface area contributed by atoms with Gasteiger partial charge in [0.25, 0.3) is 0 Å². The third-order valence-corrected chi connectivity index (χ3v) is 7.03. The molecule has 0 spiro atoms. The summed E-state index contributed by atoms with van der Waals surface area (Å²) in [5, 5.41) is 11.1. The SMILES string of the molecule is CC(C)(C)c1ccc(-c2c(C(=O)O)n(Cc3cc(OCC4CC4)cc(C(F)(F)F)c3)c3ccccc23)cc1. The predicted octanol–water partition coefficient (Wildman–Crippen LogP) is 8.16. The molecule has 0 bridgehead atoms. The van der Waals surface area contributed by atoms with Gasteiger partial charge in [0, 0.05) is 23.0 Å². The van der Waals surface area contributed by atoms with Crippen LogP contribution >= 0.6 is 0 Å². The highest BCUT2D eigenvalue weighted by atomic mass is 19.4. The number of rotatable bonds is 7.